The average molecular weight is 266 g/mol. The second-order valence-electron chi connectivity index (χ2n) is 5.04. The number of amides is 1. The van der Waals surface area contributed by atoms with Crippen LogP contribution in [0.25, 0.3) is 0 Å². The number of carboxylic acid groups (broad SMARTS) is 1. The molecule has 2 rings (SSSR count). The molecule has 1 aliphatic heterocycles. The van der Waals surface area contributed by atoms with E-state index in [4.69, 9.17) is 10.8 Å². The van der Waals surface area contributed by atoms with Crippen LogP contribution in [0, 0.1) is 11.2 Å². The van der Waals surface area contributed by atoms with Gasteiger partial charge in [0.05, 0.1) is 16.7 Å². The maximum absolute atomic E-state index is 13.9. The van der Waals surface area contributed by atoms with Gasteiger partial charge in [-0.05, 0) is 25.5 Å². The van der Waals surface area contributed by atoms with Gasteiger partial charge in [-0.15, -0.1) is 0 Å². The largest absolute Gasteiger partial charge is 0.478 e. The van der Waals surface area contributed by atoms with Crippen molar-refractivity contribution in [2.24, 2.45) is 11.1 Å². The van der Waals surface area contributed by atoms with Crippen LogP contribution in [0.5, 0.6) is 0 Å². The number of hydrogen-bond donors (Lipinski definition) is 2. The summed E-state index contributed by atoms with van der Waals surface area (Å²) in [6, 6.07) is 3.91. The first-order valence-electron chi connectivity index (χ1n) is 5.92. The van der Waals surface area contributed by atoms with Crippen LogP contribution in [0.1, 0.15) is 23.7 Å². The van der Waals surface area contributed by atoms with Crippen LogP contribution in [0.4, 0.5) is 10.1 Å². The molecule has 0 spiro atoms. The number of para-hydroxylation sites is 1. The topological polar surface area (TPSA) is 83.6 Å². The Labute approximate surface area is 109 Å². The molecule has 1 fully saturated rings. The minimum atomic E-state index is -1.19. The number of nitrogens with two attached hydrogens (primary N) is 1. The zero-order chi connectivity index (χ0) is 14.2. The monoisotopic (exact) mass is 266 g/mol. The first kappa shape index (κ1) is 13.3. The Kier molecular flexibility index (Phi) is 3.18. The van der Waals surface area contributed by atoms with Gasteiger partial charge in [-0.25, -0.2) is 9.18 Å². The Bertz CT molecular complexity index is 547. The van der Waals surface area contributed by atoms with E-state index in [1.807, 2.05) is 0 Å². The maximum Gasteiger partial charge on any atom is 0.337 e. The molecule has 1 unspecified atom stereocenters. The number of carbonyl (C=O) groups is 2. The van der Waals surface area contributed by atoms with Crippen LogP contribution in [-0.2, 0) is 4.79 Å². The van der Waals surface area contributed by atoms with Gasteiger partial charge in [0.25, 0.3) is 0 Å². The van der Waals surface area contributed by atoms with Gasteiger partial charge in [0.1, 0.15) is 5.82 Å². The van der Waals surface area contributed by atoms with Crippen molar-refractivity contribution in [3.8, 4) is 0 Å². The smallest absolute Gasteiger partial charge is 0.337 e. The van der Waals surface area contributed by atoms with E-state index in [0.717, 1.165) is 0 Å². The molecule has 102 valence electrons. The molecule has 19 heavy (non-hydrogen) atoms. The van der Waals surface area contributed by atoms with Crippen molar-refractivity contribution in [2.45, 2.75) is 13.3 Å². The minimum Gasteiger partial charge on any atom is -0.478 e. The lowest BCUT2D eigenvalue weighted by atomic mass is 9.89. The number of rotatable bonds is 3. The Morgan fingerprint density at radius 2 is 2.16 bits per heavy atom. The molecule has 0 radical (unpaired) electrons. The number of carbonyl (C=O) groups excluding carboxylic acids is 1. The Morgan fingerprint density at radius 1 is 1.47 bits per heavy atom. The molecule has 0 aromatic heterocycles. The van der Waals surface area contributed by atoms with Crippen LogP contribution in [0.15, 0.2) is 18.2 Å². The summed E-state index contributed by atoms with van der Waals surface area (Å²) in [7, 11) is 0. The third kappa shape index (κ3) is 2.25. The van der Waals surface area contributed by atoms with Crippen molar-refractivity contribution in [3.05, 3.63) is 29.6 Å². The Balaban J connectivity index is 2.39. The standard InChI is InChI=1S/C13H15FN2O3/c1-13(12(15)19)5-6-16(7-13)10-8(11(17)18)3-2-4-9(10)14/h2-4H,5-7H2,1H3,(H2,15,19)(H,17,18). The predicted octanol–water partition coefficient (Wildman–Crippen LogP) is 1.23. The lowest BCUT2D eigenvalue weighted by Gasteiger charge is -2.24. The highest BCUT2D eigenvalue weighted by Gasteiger charge is 2.40. The lowest BCUT2D eigenvalue weighted by molar-refractivity contribution is -0.125. The first-order valence-corrected chi connectivity index (χ1v) is 5.92. The van der Waals surface area contributed by atoms with Crippen LogP contribution < -0.4 is 10.6 Å². The van der Waals surface area contributed by atoms with E-state index in [0.29, 0.717) is 13.0 Å². The molecule has 0 bridgehead atoms. The number of aromatic carboxylic acids is 1. The molecule has 1 heterocycles. The first-order chi connectivity index (χ1) is 8.85. The van der Waals surface area contributed by atoms with E-state index in [1.165, 1.54) is 18.2 Å². The number of hydrogen-bond acceptors (Lipinski definition) is 3. The summed E-state index contributed by atoms with van der Waals surface area (Å²) in [6.45, 7) is 2.33. The summed E-state index contributed by atoms with van der Waals surface area (Å²) in [5, 5.41) is 9.10. The molecule has 3 N–H and O–H groups in total. The SMILES string of the molecule is CC1(C(N)=O)CCN(c2c(F)cccc2C(=O)O)C1. The summed E-state index contributed by atoms with van der Waals surface area (Å²) in [5.41, 5.74) is 4.51. The number of primary amides is 1. The van der Waals surface area contributed by atoms with Gasteiger partial charge in [-0.2, -0.15) is 0 Å². The van der Waals surface area contributed by atoms with E-state index in [-0.39, 0.29) is 17.8 Å². The normalized spacial score (nSPS) is 22.5. The van der Waals surface area contributed by atoms with Crippen molar-refractivity contribution in [1.82, 2.24) is 0 Å². The average Bonchev–Trinajstić information content (AvgIpc) is 2.72. The van der Waals surface area contributed by atoms with Crippen molar-refractivity contribution >= 4 is 17.6 Å². The second kappa shape index (κ2) is 4.53. The van der Waals surface area contributed by atoms with Crippen molar-refractivity contribution in [1.29, 1.82) is 0 Å². The number of carboxylic acids is 1. The van der Waals surface area contributed by atoms with Gasteiger partial charge in [0.2, 0.25) is 5.91 Å². The number of benzene rings is 1. The fourth-order valence-electron chi connectivity index (χ4n) is 2.36. The maximum atomic E-state index is 13.9. The van der Waals surface area contributed by atoms with Crippen molar-refractivity contribution in [2.75, 3.05) is 18.0 Å². The quantitative estimate of drug-likeness (QED) is 0.861. The van der Waals surface area contributed by atoms with Gasteiger partial charge >= 0.3 is 5.97 Å². The van der Waals surface area contributed by atoms with Crippen LogP contribution in [0.3, 0.4) is 0 Å². The third-order valence-corrected chi connectivity index (χ3v) is 3.60. The number of halogens is 1. The lowest BCUT2D eigenvalue weighted by Crippen LogP contribution is -2.37. The zero-order valence-corrected chi connectivity index (χ0v) is 10.5. The molecule has 1 amide bonds. The third-order valence-electron chi connectivity index (χ3n) is 3.60. The fraction of sp³-hybridized carbons (Fsp3) is 0.385. The van der Waals surface area contributed by atoms with Crippen molar-refractivity contribution in [3.63, 3.8) is 0 Å². The molecule has 1 atom stereocenters. The molecule has 1 aliphatic rings. The van der Waals surface area contributed by atoms with E-state index in [9.17, 15) is 14.0 Å². The van der Waals surface area contributed by atoms with E-state index in [1.54, 1.807) is 11.8 Å². The van der Waals surface area contributed by atoms with Crippen molar-refractivity contribution < 1.29 is 19.1 Å². The molecular formula is C13H15FN2O3. The van der Waals surface area contributed by atoms with E-state index in [2.05, 4.69) is 0 Å². The van der Waals surface area contributed by atoms with E-state index >= 15 is 0 Å². The van der Waals surface area contributed by atoms with Gasteiger partial charge < -0.3 is 15.7 Å². The molecule has 1 saturated heterocycles. The molecule has 0 aliphatic carbocycles. The summed E-state index contributed by atoms with van der Waals surface area (Å²) in [6.07, 6.45) is 0.482. The second-order valence-corrected chi connectivity index (χ2v) is 5.04. The highest BCUT2D eigenvalue weighted by Crippen LogP contribution is 2.35. The fourth-order valence-corrected chi connectivity index (χ4v) is 2.36. The summed E-state index contributed by atoms with van der Waals surface area (Å²) >= 11 is 0. The predicted molar refractivity (Wildman–Crippen MR) is 67.5 cm³/mol. The van der Waals surface area contributed by atoms with Gasteiger partial charge in [-0.1, -0.05) is 6.07 Å². The highest BCUT2D eigenvalue weighted by atomic mass is 19.1. The Hall–Kier alpha value is -2.11. The summed E-state index contributed by atoms with van der Waals surface area (Å²) < 4.78 is 13.9. The number of nitrogens with zero attached hydrogens (tertiary/aromatic N) is 1. The molecule has 1 aromatic rings. The molecule has 5 nitrogen and oxygen atoms in total. The number of anilines is 1. The highest BCUT2D eigenvalue weighted by molar-refractivity contribution is 5.95. The minimum absolute atomic E-state index is 0.0278. The van der Waals surface area contributed by atoms with Crippen LogP contribution in [-0.4, -0.2) is 30.1 Å². The Morgan fingerprint density at radius 3 is 2.68 bits per heavy atom. The molecule has 1 aromatic carbocycles. The van der Waals surface area contributed by atoms with Gasteiger partial charge in [0.15, 0.2) is 0 Å². The molecule has 0 saturated carbocycles. The van der Waals surface area contributed by atoms with Gasteiger partial charge in [-0.3, -0.25) is 4.79 Å². The van der Waals surface area contributed by atoms with Gasteiger partial charge in [0, 0.05) is 13.1 Å². The summed E-state index contributed by atoms with van der Waals surface area (Å²) in [4.78, 5) is 24.1. The van der Waals surface area contributed by atoms with E-state index < -0.39 is 23.1 Å². The molecule has 6 heteroatoms. The molecular weight excluding hydrogens is 251 g/mol. The summed E-state index contributed by atoms with van der Waals surface area (Å²) in [5.74, 6) is -2.25. The van der Waals surface area contributed by atoms with Crippen LogP contribution in [0.2, 0.25) is 0 Å². The van der Waals surface area contributed by atoms with Crippen LogP contribution >= 0.6 is 0 Å². The zero-order valence-electron chi connectivity index (χ0n) is 10.5.